The van der Waals surface area contributed by atoms with Crippen LogP contribution in [0.1, 0.15) is 10.6 Å². The van der Waals surface area contributed by atoms with Gasteiger partial charge in [-0.05, 0) is 12.1 Å². The minimum atomic E-state index is 0.252. The summed E-state index contributed by atoms with van der Waals surface area (Å²) >= 11 is 5.65. The van der Waals surface area contributed by atoms with Crippen LogP contribution in [0.15, 0.2) is 28.9 Å². The van der Waals surface area contributed by atoms with Crippen LogP contribution in [0.25, 0.3) is 11.5 Å². The molecule has 2 heterocycles. The van der Waals surface area contributed by atoms with Gasteiger partial charge < -0.3 is 4.42 Å². The van der Waals surface area contributed by atoms with Crippen molar-refractivity contribution in [2.24, 2.45) is 0 Å². The zero-order valence-electron chi connectivity index (χ0n) is 6.98. The first kappa shape index (κ1) is 8.90. The van der Waals surface area contributed by atoms with Gasteiger partial charge in [-0.2, -0.15) is 0 Å². The van der Waals surface area contributed by atoms with Gasteiger partial charge >= 0.3 is 0 Å². The number of hydrogen-bond donors (Lipinski definition) is 0. The van der Waals surface area contributed by atoms with Gasteiger partial charge in [-0.1, -0.05) is 11.6 Å². The number of carbonyl (C=O) groups is 1. The Morgan fingerprint density at radius 2 is 2.21 bits per heavy atom. The van der Waals surface area contributed by atoms with Crippen molar-refractivity contribution in [3.63, 3.8) is 0 Å². The predicted octanol–water partition coefficient (Wildman–Crippen LogP) is 2.20. The molecule has 0 aliphatic rings. The molecule has 0 bridgehead atoms. The van der Waals surface area contributed by atoms with E-state index in [0.29, 0.717) is 17.7 Å². The maximum Gasteiger partial charge on any atom is 0.185 e. The van der Waals surface area contributed by atoms with Crippen LogP contribution in [0.3, 0.4) is 0 Å². The van der Waals surface area contributed by atoms with Gasteiger partial charge in [0.2, 0.25) is 0 Å². The summed E-state index contributed by atoms with van der Waals surface area (Å²) in [4.78, 5) is 18.2. The second-order valence-corrected chi connectivity index (χ2v) is 2.93. The van der Waals surface area contributed by atoms with Gasteiger partial charge in [-0.3, -0.25) is 9.78 Å². The van der Waals surface area contributed by atoms with Crippen LogP contribution in [0.2, 0.25) is 5.15 Å². The molecule has 0 atom stereocenters. The zero-order valence-corrected chi connectivity index (χ0v) is 7.73. The van der Waals surface area contributed by atoms with E-state index in [2.05, 4.69) is 9.97 Å². The summed E-state index contributed by atoms with van der Waals surface area (Å²) in [6.45, 7) is 0. The van der Waals surface area contributed by atoms with Crippen molar-refractivity contribution in [1.82, 2.24) is 9.97 Å². The van der Waals surface area contributed by atoms with Crippen molar-refractivity contribution in [2.45, 2.75) is 0 Å². The highest BCUT2D eigenvalue weighted by molar-refractivity contribution is 6.29. The fraction of sp³-hybridized carbons (Fsp3) is 0. The summed E-state index contributed by atoms with van der Waals surface area (Å²) in [6, 6.07) is 3.20. The van der Waals surface area contributed by atoms with Crippen LogP contribution >= 0.6 is 11.6 Å². The van der Waals surface area contributed by atoms with E-state index in [1.54, 1.807) is 12.1 Å². The van der Waals surface area contributed by atoms with Crippen LogP contribution in [0.4, 0.5) is 0 Å². The van der Waals surface area contributed by atoms with Crippen LogP contribution < -0.4 is 0 Å². The number of hydrogen-bond acceptors (Lipinski definition) is 4. The van der Waals surface area contributed by atoms with Crippen molar-refractivity contribution in [3.8, 4) is 11.5 Å². The molecule has 5 heteroatoms. The van der Waals surface area contributed by atoms with Crippen molar-refractivity contribution in [3.05, 3.63) is 35.4 Å². The summed E-state index contributed by atoms with van der Waals surface area (Å²) in [5.74, 6) is 0.726. The van der Waals surface area contributed by atoms with E-state index in [4.69, 9.17) is 16.0 Å². The summed E-state index contributed by atoms with van der Waals surface area (Å²) in [6.07, 6.45) is 3.56. The van der Waals surface area contributed by atoms with Gasteiger partial charge in [0.15, 0.2) is 17.8 Å². The molecule has 70 valence electrons. The number of carbonyl (C=O) groups excluding carboxylic acids is 1. The average molecular weight is 209 g/mol. The topological polar surface area (TPSA) is 56.0 Å². The summed E-state index contributed by atoms with van der Waals surface area (Å²) in [7, 11) is 0. The average Bonchev–Trinajstić information content (AvgIpc) is 2.66. The normalized spacial score (nSPS) is 10.1. The lowest BCUT2D eigenvalue weighted by Gasteiger charge is -1.94. The van der Waals surface area contributed by atoms with E-state index in [1.165, 1.54) is 12.4 Å². The number of nitrogens with zero attached hydrogens (tertiary/aromatic N) is 2. The second kappa shape index (κ2) is 3.59. The first-order valence-electron chi connectivity index (χ1n) is 3.82. The standard InChI is InChI=1S/C9H5ClN2O2/c10-9-4-11-3-7(12-9)8-2-1-6(5-13)14-8/h1-5H. The number of aldehydes is 1. The minimum Gasteiger partial charge on any atom is -0.452 e. The highest BCUT2D eigenvalue weighted by Gasteiger charge is 2.05. The molecule has 4 nitrogen and oxygen atoms in total. The van der Waals surface area contributed by atoms with Gasteiger partial charge in [-0.15, -0.1) is 0 Å². The Morgan fingerprint density at radius 3 is 2.86 bits per heavy atom. The molecular formula is C9H5ClN2O2. The SMILES string of the molecule is O=Cc1ccc(-c2cncc(Cl)n2)o1. The second-order valence-electron chi connectivity index (χ2n) is 2.55. The highest BCUT2D eigenvalue weighted by atomic mass is 35.5. The Hall–Kier alpha value is -1.68. The van der Waals surface area contributed by atoms with E-state index in [9.17, 15) is 4.79 Å². The summed E-state index contributed by atoms with van der Waals surface area (Å²) < 4.78 is 5.14. The molecule has 2 aromatic rings. The number of halogens is 1. The van der Waals surface area contributed by atoms with Gasteiger partial charge in [-0.25, -0.2) is 4.98 Å². The molecule has 0 aliphatic carbocycles. The van der Waals surface area contributed by atoms with Gasteiger partial charge in [0.25, 0.3) is 0 Å². The summed E-state index contributed by atoms with van der Waals surface area (Å²) in [5, 5.41) is 0.284. The molecular weight excluding hydrogens is 204 g/mol. The molecule has 0 saturated heterocycles. The quantitative estimate of drug-likeness (QED) is 0.710. The smallest absolute Gasteiger partial charge is 0.185 e. The zero-order chi connectivity index (χ0) is 9.97. The van der Waals surface area contributed by atoms with Crippen molar-refractivity contribution in [1.29, 1.82) is 0 Å². The molecule has 0 spiro atoms. The van der Waals surface area contributed by atoms with Gasteiger partial charge in [0, 0.05) is 0 Å². The lowest BCUT2D eigenvalue weighted by Crippen LogP contribution is -1.83. The highest BCUT2D eigenvalue weighted by Crippen LogP contribution is 2.19. The Kier molecular flexibility index (Phi) is 2.28. The third-order valence-electron chi connectivity index (χ3n) is 1.60. The lowest BCUT2D eigenvalue weighted by molar-refractivity contribution is 0.110. The van der Waals surface area contributed by atoms with Crippen LogP contribution in [-0.4, -0.2) is 16.3 Å². The minimum absolute atomic E-state index is 0.252. The monoisotopic (exact) mass is 208 g/mol. The maximum absolute atomic E-state index is 10.4. The first-order chi connectivity index (χ1) is 6.79. The maximum atomic E-state index is 10.4. The molecule has 0 aromatic carbocycles. The lowest BCUT2D eigenvalue weighted by atomic mass is 10.3. The molecule has 0 fully saturated rings. The van der Waals surface area contributed by atoms with Crippen molar-refractivity contribution < 1.29 is 9.21 Å². The Balaban J connectivity index is 2.43. The molecule has 0 N–H and O–H groups in total. The number of furan rings is 1. The van der Waals surface area contributed by atoms with E-state index in [1.807, 2.05) is 0 Å². The first-order valence-corrected chi connectivity index (χ1v) is 4.20. The Bertz CT molecular complexity index is 467. The fourth-order valence-electron chi connectivity index (χ4n) is 1.01. The Labute approximate surface area is 84.6 Å². The van der Waals surface area contributed by atoms with E-state index >= 15 is 0 Å². The summed E-state index contributed by atoms with van der Waals surface area (Å²) in [5.41, 5.74) is 0.505. The molecule has 0 amide bonds. The molecule has 0 radical (unpaired) electrons. The molecule has 0 unspecified atom stereocenters. The fourth-order valence-corrected chi connectivity index (χ4v) is 1.16. The Morgan fingerprint density at radius 1 is 1.36 bits per heavy atom. The van der Waals surface area contributed by atoms with E-state index in [-0.39, 0.29) is 10.9 Å². The largest absolute Gasteiger partial charge is 0.452 e. The predicted molar refractivity (Wildman–Crippen MR) is 50.1 cm³/mol. The number of aromatic nitrogens is 2. The van der Waals surface area contributed by atoms with Crippen LogP contribution in [0.5, 0.6) is 0 Å². The molecule has 2 aromatic heterocycles. The third-order valence-corrected chi connectivity index (χ3v) is 1.78. The van der Waals surface area contributed by atoms with Crippen LogP contribution in [0, 0.1) is 0 Å². The molecule has 14 heavy (non-hydrogen) atoms. The van der Waals surface area contributed by atoms with Gasteiger partial charge in [0.1, 0.15) is 10.8 Å². The number of rotatable bonds is 2. The molecule has 0 saturated carbocycles. The van der Waals surface area contributed by atoms with Crippen LogP contribution in [-0.2, 0) is 0 Å². The van der Waals surface area contributed by atoms with Crippen molar-refractivity contribution in [2.75, 3.05) is 0 Å². The third kappa shape index (κ3) is 1.65. The van der Waals surface area contributed by atoms with Gasteiger partial charge in [0.05, 0.1) is 12.4 Å². The van der Waals surface area contributed by atoms with E-state index < -0.39 is 0 Å². The van der Waals surface area contributed by atoms with E-state index in [0.717, 1.165) is 0 Å². The molecule has 0 aliphatic heterocycles. The molecule has 2 rings (SSSR count). The van der Waals surface area contributed by atoms with Crippen molar-refractivity contribution >= 4 is 17.9 Å².